The number of carbonyl (C=O) groups is 1. The summed E-state index contributed by atoms with van der Waals surface area (Å²) in [5.41, 5.74) is 0.396. The van der Waals surface area contributed by atoms with E-state index in [0.717, 1.165) is 17.1 Å². The van der Waals surface area contributed by atoms with Gasteiger partial charge in [0.1, 0.15) is 6.04 Å². The summed E-state index contributed by atoms with van der Waals surface area (Å²) >= 11 is 0. The van der Waals surface area contributed by atoms with Crippen LogP contribution in [-0.4, -0.2) is 37.4 Å². The maximum Gasteiger partial charge on any atom is 0.326 e. The first kappa shape index (κ1) is 16.6. The van der Waals surface area contributed by atoms with Gasteiger partial charge in [0.2, 0.25) is 0 Å². The van der Waals surface area contributed by atoms with Crippen molar-refractivity contribution >= 4 is 16.2 Å². The van der Waals surface area contributed by atoms with Crippen molar-refractivity contribution < 1.29 is 18.3 Å². The first-order valence-electron chi connectivity index (χ1n) is 6.40. The van der Waals surface area contributed by atoms with Gasteiger partial charge in [-0.15, -0.1) is 0 Å². The lowest BCUT2D eigenvalue weighted by atomic mass is 10.1. The van der Waals surface area contributed by atoms with Crippen molar-refractivity contribution in [2.45, 2.75) is 25.8 Å². The van der Waals surface area contributed by atoms with Crippen LogP contribution >= 0.6 is 0 Å². The van der Waals surface area contributed by atoms with Gasteiger partial charge in [-0.25, -0.2) is 0 Å². The summed E-state index contributed by atoms with van der Waals surface area (Å²) in [6.45, 7) is 2.31. The van der Waals surface area contributed by atoms with Crippen molar-refractivity contribution in [3.8, 4) is 0 Å². The van der Waals surface area contributed by atoms with Crippen LogP contribution in [0.25, 0.3) is 0 Å². The van der Waals surface area contributed by atoms with Gasteiger partial charge in [0.15, 0.2) is 0 Å². The van der Waals surface area contributed by atoms with Crippen LogP contribution in [0, 0.1) is 0 Å². The lowest BCUT2D eigenvalue weighted by Gasteiger charge is -2.21. The Morgan fingerprint density at radius 3 is 2.45 bits per heavy atom. The summed E-state index contributed by atoms with van der Waals surface area (Å²) < 4.78 is 27.5. The van der Waals surface area contributed by atoms with E-state index < -0.39 is 22.2 Å². The average molecular weight is 300 g/mol. The van der Waals surface area contributed by atoms with E-state index in [-0.39, 0.29) is 0 Å². The van der Waals surface area contributed by atoms with Crippen molar-refractivity contribution in [1.82, 2.24) is 9.03 Å². The third-order valence-electron chi connectivity index (χ3n) is 2.88. The van der Waals surface area contributed by atoms with Crippen LogP contribution in [0.5, 0.6) is 0 Å². The Hall–Kier alpha value is -1.44. The van der Waals surface area contributed by atoms with Gasteiger partial charge in [-0.05, 0) is 12.0 Å². The molecule has 0 heterocycles. The molecule has 0 bridgehead atoms. The van der Waals surface area contributed by atoms with E-state index in [9.17, 15) is 18.3 Å². The van der Waals surface area contributed by atoms with Crippen LogP contribution < -0.4 is 4.72 Å². The molecule has 7 heteroatoms. The fourth-order valence-electron chi connectivity index (χ4n) is 1.65. The van der Waals surface area contributed by atoms with Crippen molar-refractivity contribution in [3.63, 3.8) is 0 Å². The Labute approximate surface area is 119 Å². The monoisotopic (exact) mass is 300 g/mol. The minimum Gasteiger partial charge on any atom is -0.480 e. The number of carboxylic acid groups (broad SMARTS) is 1. The predicted octanol–water partition coefficient (Wildman–Crippen LogP) is 1.38. The summed E-state index contributed by atoms with van der Waals surface area (Å²) in [4.78, 5) is 11.3. The van der Waals surface area contributed by atoms with E-state index in [1.54, 1.807) is 30.3 Å². The smallest absolute Gasteiger partial charge is 0.326 e. The van der Waals surface area contributed by atoms with Gasteiger partial charge in [-0.3, -0.25) is 4.79 Å². The minimum atomic E-state index is -3.82. The van der Waals surface area contributed by atoms with Crippen LogP contribution in [0.4, 0.5) is 0 Å². The quantitative estimate of drug-likeness (QED) is 0.759. The van der Waals surface area contributed by atoms with E-state index in [4.69, 9.17) is 0 Å². The van der Waals surface area contributed by atoms with Crippen molar-refractivity contribution in [1.29, 1.82) is 0 Å². The van der Waals surface area contributed by atoms with Crippen LogP contribution in [0.15, 0.2) is 30.3 Å². The highest BCUT2D eigenvalue weighted by Crippen LogP contribution is 2.15. The summed E-state index contributed by atoms with van der Waals surface area (Å²) in [7, 11) is -2.39. The molecular formula is C13H20N2O4S. The molecule has 1 aromatic carbocycles. The zero-order valence-electron chi connectivity index (χ0n) is 11.6. The Kier molecular flexibility index (Phi) is 6.12. The molecule has 0 unspecified atom stereocenters. The summed E-state index contributed by atoms with van der Waals surface area (Å²) in [6.07, 6.45) is 1.58. The summed E-state index contributed by atoms with van der Waals surface area (Å²) in [5, 5.41) is 9.20. The molecule has 1 atom stereocenters. The molecule has 0 amide bonds. The number of nitrogens with one attached hydrogen (secondary N) is 1. The fraction of sp³-hybridized carbons (Fsp3) is 0.462. The first-order valence-corrected chi connectivity index (χ1v) is 7.84. The normalized spacial score (nSPS) is 13.3. The number of hydrogen-bond donors (Lipinski definition) is 2. The highest BCUT2D eigenvalue weighted by atomic mass is 32.2. The second kappa shape index (κ2) is 7.37. The lowest BCUT2D eigenvalue weighted by molar-refractivity contribution is -0.139. The number of aliphatic carboxylic acids is 1. The molecule has 112 valence electrons. The molecule has 0 aromatic heterocycles. The maximum atomic E-state index is 12.1. The molecule has 20 heavy (non-hydrogen) atoms. The SMILES string of the molecule is CCCCN(C)S(=O)(=O)N[C@@H](C(=O)O)c1ccccc1. The molecule has 0 saturated carbocycles. The summed E-state index contributed by atoms with van der Waals surface area (Å²) in [6, 6.07) is 6.94. The molecule has 0 spiro atoms. The molecule has 0 aliphatic rings. The second-order valence-electron chi connectivity index (χ2n) is 4.48. The molecule has 0 aliphatic carbocycles. The lowest BCUT2D eigenvalue weighted by Crippen LogP contribution is -2.42. The van der Waals surface area contributed by atoms with Gasteiger partial charge >= 0.3 is 5.97 Å². The van der Waals surface area contributed by atoms with E-state index in [2.05, 4.69) is 4.72 Å². The molecule has 1 rings (SSSR count). The Morgan fingerprint density at radius 1 is 1.35 bits per heavy atom. The van der Waals surface area contributed by atoms with Crippen LogP contribution in [0.3, 0.4) is 0 Å². The number of rotatable bonds is 8. The third kappa shape index (κ3) is 4.59. The Balaban J connectivity index is 2.88. The fourth-order valence-corrected chi connectivity index (χ4v) is 2.73. The van der Waals surface area contributed by atoms with Gasteiger partial charge in [0.25, 0.3) is 10.2 Å². The summed E-state index contributed by atoms with van der Waals surface area (Å²) in [5.74, 6) is -1.23. The Bertz CT molecular complexity index is 531. The van der Waals surface area contributed by atoms with Gasteiger partial charge < -0.3 is 5.11 Å². The average Bonchev–Trinajstić information content (AvgIpc) is 2.42. The van der Waals surface area contributed by atoms with E-state index >= 15 is 0 Å². The second-order valence-corrected chi connectivity index (χ2v) is 6.29. The number of hydrogen-bond acceptors (Lipinski definition) is 3. The van der Waals surface area contributed by atoms with Gasteiger partial charge in [-0.1, -0.05) is 43.7 Å². The van der Waals surface area contributed by atoms with Gasteiger partial charge in [0, 0.05) is 13.6 Å². The standard InChI is InChI=1S/C13H20N2O4S/c1-3-4-10-15(2)20(18,19)14-12(13(16)17)11-8-6-5-7-9-11/h5-9,12,14H,3-4,10H2,1-2H3,(H,16,17)/t12-/m1/s1. The molecule has 0 fully saturated rings. The van der Waals surface area contributed by atoms with Gasteiger partial charge in [0.05, 0.1) is 0 Å². The zero-order chi connectivity index (χ0) is 15.2. The van der Waals surface area contributed by atoms with Crippen LogP contribution in [-0.2, 0) is 15.0 Å². The van der Waals surface area contributed by atoms with Crippen LogP contribution in [0.1, 0.15) is 31.4 Å². The molecule has 1 aromatic rings. The molecular weight excluding hydrogens is 280 g/mol. The number of benzene rings is 1. The number of nitrogens with zero attached hydrogens (tertiary/aromatic N) is 1. The van der Waals surface area contributed by atoms with E-state index in [0.29, 0.717) is 12.1 Å². The topological polar surface area (TPSA) is 86.7 Å². The van der Waals surface area contributed by atoms with Crippen molar-refractivity contribution in [3.05, 3.63) is 35.9 Å². The highest BCUT2D eigenvalue weighted by Gasteiger charge is 2.27. The van der Waals surface area contributed by atoms with E-state index in [1.807, 2.05) is 6.92 Å². The van der Waals surface area contributed by atoms with Gasteiger partial charge in [-0.2, -0.15) is 17.4 Å². The number of unbranched alkanes of at least 4 members (excludes halogenated alkanes) is 1. The highest BCUT2D eigenvalue weighted by molar-refractivity contribution is 7.87. The maximum absolute atomic E-state index is 12.1. The zero-order valence-corrected chi connectivity index (χ0v) is 12.4. The predicted molar refractivity (Wildman–Crippen MR) is 76.4 cm³/mol. The molecule has 6 nitrogen and oxygen atoms in total. The molecule has 0 radical (unpaired) electrons. The third-order valence-corrected chi connectivity index (χ3v) is 4.42. The van der Waals surface area contributed by atoms with E-state index in [1.165, 1.54) is 7.05 Å². The van der Waals surface area contributed by atoms with Crippen LogP contribution in [0.2, 0.25) is 0 Å². The largest absolute Gasteiger partial charge is 0.480 e. The number of carboxylic acids is 1. The van der Waals surface area contributed by atoms with Crippen molar-refractivity contribution in [2.24, 2.45) is 0 Å². The molecule has 0 saturated heterocycles. The molecule has 0 aliphatic heterocycles. The Morgan fingerprint density at radius 2 is 1.95 bits per heavy atom. The van der Waals surface area contributed by atoms with Crippen molar-refractivity contribution in [2.75, 3.05) is 13.6 Å². The minimum absolute atomic E-state index is 0.354. The first-order chi connectivity index (χ1) is 9.38. The molecule has 2 N–H and O–H groups in total.